The van der Waals surface area contributed by atoms with Crippen LogP contribution in [0.1, 0.15) is 5.69 Å². The first kappa shape index (κ1) is 10.8. The van der Waals surface area contributed by atoms with Crippen molar-refractivity contribution in [1.29, 1.82) is 0 Å². The minimum absolute atomic E-state index is 0.287. The Kier molecular flexibility index (Phi) is 3.21. The highest BCUT2D eigenvalue weighted by molar-refractivity contribution is 9.10. The molecule has 0 aliphatic carbocycles. The highest BCUT2D eigenvalue weighted by atomic mass is 79.9. The molecule has 0 unspecified atom stereocenters. The van der Waals surface area contributed by atoms with Gasteiger partial charge in [0, 0.05) is 15.4 Å². The van der Waals surface area contributed by atoms with Crippen molar-refractivity contribution in [3.05, 3.63) is 40.6 Å². The first-order chi connectivity index (χ1) is 7.22. The van der Waals surface area contributed by atoms with Crippen molar-refractivity contribution in [2.45, 2.75) is 5.33 Å². The van der Waals surface area contributed by atoms with Crippen LogP contribution < -0.4 is 0 Å². The summed E-state index contributed by atoms with van der Waals surface area (Å²) in [5.74, 6) is 0.365. The minimum atomic E-state index is -0.287. The Bertz CT molecular complexity index is 484. The number of oxazole rings is 1. The molecule has 1 aromatic carbocycles. The Morgan fingerprint density at radius 3 is 2.87 bits per heavy atom. The maximum atomic E-state index is 12.9. The zero-order valence-corrected chi connectivity index (χ0v) is 10.7. The minimum Gasteiger partial charge on any atom is -0.443 e. The Balaban J connectivity index is 2.54. The molecule has 0 spiro atoms. The predicted octanol–water partition coefficient (Wildman–Crippen LogP) is 4.14. The number of aromatic nitrogens is 1. The normalized spacial score (nSPS) is 10.6. The molecule has 0 saturated heterocycles. The van der Waals surface area contributed by atoms with E-state index in [4.69, 9.17) is 4.42 Å². The molecule has 0 aliphatic rings. The number of alkyl halides is 1. The van der Waals surface area contributed by atoms with Gasteiger partial charge in [0.15, 0.2) is 12.2 Å². The topological polar surface area (TPSA) is 26.0 Å². The Morgan fingerprint density at radius 2 is 2.20 bits per heavy atom. The van der Waals surface area contributed by atoms with E-state index in [1.807, 2.05) is 0 Å². The van der Waals surface area contributed by atoms with Crippen molar-refractivity contribution in [2.24, 2.45) is 0 Å². The van der Waals surface area contributed by atoms with Crippen molar-refractivity contribution in [1.82, 2.24) is 4.98 Å². The number of benzene rings is 1. The molecule has 0 aliphatic heterocycles. The van der Waals surface area contributed by atoms with Gasteiger partial charge in [0.1, 0.15) is 5.82 Å². The van der Waals surface area contributed by atoms with E-state index in [0.29, 0.717) is 15.6 Å². The van der Waals surface area contributed by atoms with Gasteiger partial charge in [0.05, 0.1) is 5.69 Å². The van der Waals surface area contributed by atoms with Gasteiger partial charge in [-0.3, -0.25) is 0 Å². The molecule has 5 heteroatoms. The molecule has 1 aromatic heterocycles. The molecule has 0 N–H and O–H groups in total. The van der Waals surface area contributed by atoms with Gasteiger partial charge in [-0.2, -0.15) is 0 Å². The zero-order chi connectivity index (χ0) is 10.8. The number of hydrogen-bond acceptors (Lipinski definition) is 2. The van der Waals surface area contributed by atoms with Crippen molar-refractivity contribution in [3.63, 3.8) is 0 Å². The molecule has 2 rings (SSSR count). The van der Waals surface area contributed by atoms with Crippen LogP contribution in [0.25, 0.3) is 11.3 Å². The van der Waals surface area contributed by atoms with Gasteiger partial charge < -0.3 is 4.42 Å². The van der Waals surface area contributed by atoms with E-state index in [2.05, 4.69) is 36.8 Å². The third-order valence-corrected chi connectivity index (χ3v) is 3.13. The lowest BCUT2D eigenvalue weighted by Crippen LogP contribution is -1.85. The van der Waals surface area contributed by atoms with Crippen LogP contribution in [-0.4, -0.2) is 4.98 Å². The molecule has 0 amide bonds. The number of rotatable bonds is 2. The molecule has 0 radical (unpaired) electrons. The van der Waals surface area contributed by atoms with Gasteiger partial charge in [-0.05, 0) is 34.1 Å². The van der Waals surface area contributed by atoms with Crippen molar-refractivity contribution in [3.8, 4) is 11.3 Å². The summed E-state index contributed by atoms with van der Waals surface area (Å²) in [6.07, 6.45) is 1.38. The molecular weight excluding hydrogens is 329 g/mol. The SMILES string of the molecule is Fc1ccc(-c2ocnc2CBr)c(Br)c1. The lowest BCUT2D eigenvalue weighted by molar-refractivity contribution is 0.570. The zero-order valence-electron chi connectivity index (χ0n) is 7.51. The molecule has 0 bridgehead atoms. The highest BCUT2D eigenvalue weighted by Gasteiger charge is 2.12. The summed E-state index contributed by atoms with van der Waals surface area (Å²) >= 11 is 6.60. The Morgan fingerprint density at radius 1 is 1.40 bits per heavy atom. The molecule has 0 fully saturated rings. The fourth-order valence-electron chi connectivity index (χ4n) is 1.26. The van der Waals surface area contributed by atoms with Crippen molar-refractivity contribution in [2.75, 3.05) is 0 Å². The van der Waals surface area contributed by atoms with Crippen LogP contribution in [-0.2, 0) is 5.33 Å². The van der Waals surface area contributed by atoms with Gasteiger partial charge in [-0.25, -0.2) is 9.37 Å². The first-order valence-electron chi connectivity index (χ1n) is 4.16. The quantitative estimate of drug-likeness (QED) is 0.771. The van der Waals surface area contributed by atoms with Crippen LogP contribution in [0.3, 0.4) is 0 Å². The second-order valence-corrected chi connectivity index (χ2v) is 4.30. The van der Waals surface area contributed by atoms with E-state index in [1.54, 1.807) is 6.07 Å². The number of nitrogens with zero attached hydrogens (tertiary/aromatic N) is 1. The van der Waals surface area contributed by atoms with Crippen LogP contribution in [0.15, 0.2) is 33.5 Å². The van der Waals surface area contributed by atoms with Gasteiger partial charge in [-0.15, -0.1) is 0 Å². The van der Waals surface area contributed by atoms with Gasteiger partial charge in [-0.1, -0.05) is 15.9 Å². The maximum Gasteiger partial charge on any atom is 0.181 e. The summed E-state index contributed by atoms with van der Waals surface area (Å²) in [4.78, 5) is 4.05. The second kappa shape index (κ2) is 4.45. The Labute approximate surface area is 103 Å². The summed E-state index contributed by atoms with van der Waals surface area (Å²) in [6.45, 7) is 0. The second-order valence-electron chi connectivity index (χ2n) is 2.89. The van der Waals surface area contributed by atoms with Gasteiger partial charge in [0.2, 0.25) is 0 Å². The fraction of sp³-hybridized carbons (Fsp3) is 0.100. The highest BCUT2D eigenvalue weighted by Crippen LogP contribution is 2.31. The predicted molar refractivity (Wildman–Crippen MR) is 62.2 cm³/mol. The monoisotopic (exact) mass is 333 g/mol. The average molecular weight is 335 g/mol. The van der Waals surface area contributed by atoms with Crippen LogP contribution in [0, 0.1) is 5.82 Å². The lowest BCUT2D eigenvalue weighted by atomic mass is 10.1. The van der Waals surface area contributed by atoms with Crippen LogP contribution in [0.2, 0.25) is 0 Å². The summed E-state index contributed by atoms with van der Waals surface area (Å²) < 4.78 is 18.8. The smallest absolute Gasteiger partial charge is 0.181 e. The molecule has 1 heterocycles. The van der Waals surface area contributed by atoms with Crippen LogP contribution >= 0.6 is 31.9 Å². The molecule has 15 heavy (non-hydrogen) atoms. The molecule has 2 nitrogen and oxygen atoms in total. The van der Waals surface area contributed by atoms with E-state index in [1.165, 1.54) is 18.5 Å². The molecule has 2 aromatic rings. The van der Waals surface area contributed by atoms with E-state index in [-0.39, 0.29) is 5.82 Å². The van der Waals surface area contributed by atoms with Crippen molar-refractivity contribution < 1.29 is 8.81 Å². The third-order valence-electron chi connectivity index (χ3n) is 1.94. The van der Waals surface area contributed by atoms with E-state index in [0.717, 1.165) is 11.3 Å². The molecule has 0 atom stereocenters. The standard InChI is InChI=1S/C10H6Br2FNO/c11-4-9-10(15-5-14-9)7-2-1-6(13)3-8(7)12/h1-3,5H,4H2. The largest absolute Gasteiger partial charge is 0.443 e. The van der Waals surface area contributed by atoms with E-state index in [9.17, 15) is 4.39 Å². The summed E-state index contributed by atoms with van der Waals surface area (Å²) in [5.41, 5.74) is 1.59. The maximum absolute atomic E-state index is 12.9. The fourth-order valence-corrected chi connectivity index (χ4v) is 2.19. The first-order valence-corrected chi connectivity index (χ1v) is 6.07. The van der Waals surface area contributed by atoms with Crippen LogP contribution in [0.4, 0.5) is 4.39 Å². The summed E-state index contributed by atoms with van der Waals surface area (Å²) in [7, 11) is 0. The lowest BCUT2D eigenvalue weighted by Gasteiger charge is -2.02. The van der Waals surface area contributed by atoms with Crippen LogP contribution in [0.5, 0.6) is 0 Å². The molecule has 78 valence electrons. The van der Waals surface area contributed by atoms with Crippen molar-refractivity contribution >= 4 is 31.9 Å². The number of halogens is 3. The third kappa shape index (κ3) is 2.13. The average Bonchev–Trinajstić information content (AvgIpc) is 2.65. The molecular formula is C10H6Br2FNO. The van der Waals surface area contributed by atoms with Gasteiger partial charge >= 0.3 is 0 Å². The molecule has 0 saturated carbocycles. The van der Waals surface area contributed by atoms with Gasteiger partial charge in [0.25, 0.3) is 0 Å². The number of hydrogen-bond donors (Lipinski definition) is 0. The summed E-state index contributed by atoms with van der Waals surface area (Å²) in [6, 6.07) is 4.45. The Hall–Kier alpha value is -0.680. The summed E-state index contributed by atoms with van der Waals surface area (Å²) in [5, 5.41) is 0.600. The van der Waals surface area contributed by atoms with E-state index >= 15 is 0 Å². The van der Waals surface area contributed by atoms with E-state index < -0.39 is 0 Å².